The van der Waals surface area contributed by atoms with Gasteiger partial charge in [0.2, 0.25) is 5.91 Å². The third kappa shape index (κ3) is 7.73. The molecule has 0 atom stereocenters. The first kappa shape index (κ1) is 21.6. The van der Waals surface area contributed by atoms with Crippen molar-refractivity contribution >= 4 is 28.2 Å². The summed E-state index contributed by atoms with van der Waals surface area (Å²) in [6, 6.07) is 0. The van der Waals surface area contributed by atoms with Gasteiger partial charge in [-0.15, -0.1) is 12.4 Å². The van der Waals surface area contributed by atoms with E-state index in [-0.39, 0.29) is 30.2 Å². The van der Waals surface area contributed by atoms with Crippen molar-refractivity contribution in [1.82, 2.24) is 10.6 Å². The minimum atomic E-state index is -3.41. The monoisotopic (exact) mass is 358 g/mol. The molecule has 0 spiro atoms. The lowest BCUT2D eigenvalue weighted by atomic mass is 9.79. The van der Waals surface area contributed by atoms with Gasteiger partial charge in [0.1, 0.15) is 5.75 Å². The lowest BCUT2D eigenvalue weighted by Gasteiger charge is -2.37. The van der Waals surface area contributed by atoms with Crippen molar-refractivity contribution < 1.29 is 22.7 Å². The Morgan fingerprint density at radius 2 is 1.86 bits per heavy atom. The van der Waals surface area contributed by atoms with Crippen molar-refractivity contribution in [1.29, 1.82) is 0 Å². The number of carbonyl (C=O) groups is 1. The number of methoxy groups -OCH3 is 2. The van der Waals surface area contributed by atoms with Crippen molar-refractivity contribution in [2.24, 2.45) is 5.41 Å². The highest BCUT2D eigenvalue weighted by Crippen LogP contribution is 2.28. The highest BCUT2D eigenvalue weighted by Gasteiger charge is 2.32. The zero-order valence-corrected chi connectivity index (χ0v) is 14.9. The van der Waals surface area contributed by atoms with E-state index in [1.54, 1.807) is 7.11 Å². The summed E-state index contributed by atoms with van der Waals surface area (Å²) in [5, 5.41) is 6.01. The first-order valence-corrected chi connectivity index (χ1v) is 8.91. The van der Waals surface area contributed by atoms with Gasteiger partial charge in [0.05, 0.1) is 19.0 Å². The molecule has 2 N–H and O–H groups in total. The number of piperidine rings is 1. The minimum absolute atomic E-state index is 0. The maximum atomic E-state index is 11.8. The number of hydrogen-bond acceptors (Lipinski definition) is 6. The Morgan fingerprint density at radius 1 is 1.23 bits per heavy atom. The summed E-state index contributed by atoms with van der Waals surface area (Å²) in [4.78, 5) is 11.8. The fraction of sp³-hybridized carbons (Fsp3) is 0.923. The average molecular weight is 359 g/mol. The van der Waals surface area contributed by atoms with Crippen LogP contribution in [0.15, 0.2) is 0 Å². The normalized spacial score (nSPS) is 17.5. The zero-order chi connectivity index (χ0) is 15.8. The highest BCUT2D eigenvalue weighted by molar-refractivity contribution is 7.92. The van der Waals surface area contributed by atoms with Gasteiger partial charge in [-0.05, 0) is 25.9 Å². The fourth-order valence-electron chi connectivity index (χ4n) is 2.45. The van der Waals surface area contributed by atoms with Crippen LogP contribution < -0.4 is 10.6 Å². The van der Waals surface area contributed by atoms with Crippen LogP contribution in [0.3, 0.4) is 0 Å². The topological polar surface area (TPSA) is 93.7 Å². The van der Waals surface area contributed by atoms with Crippen LogP contribution in [0.4, 0.5) is 0 Å². The number of carbonyl (C=O) groups excluding carboxylic acids is 1. The van der Waals surface area contributed by atoms with E-state index in [4.69, 9.17) is 9.47 Å². The number of rotatable bonds is 9. The molecule has 0 radical (unpaired) electrons. The van der Waals surface area contributed by atoms with Crippen molar-refractivity contribution in [3.63, 3.8) is 0 Å². The maximum Gasteiger partial charge on any atom is 0.235 e. The summed E-state index contributed by atoms with van der Waals surface area (Å²) < 4.78 is 33.3. The second-order valence-electron chi connectivity index (χ2n) is 5.54. The van der Waals surface area contributed by atoms with Gasteiger partial charge in [-0.1, -0.05) is 0 Å². The van der Waals surface area contributed by atoms with Gasteiger partial charge in [0.25, 0.3) is 0 Å². The molecule has 0 unspecified atom stereocenters. The van der Waals surface area contributed by atoms with Gasteiger partial charge in [0.15, 0.2) is 9.84 Å². The molecule has 132 valence electrons. The standard InChI is InChI=1S/C13H26N2O5S.ClH/c1-19-7-8-21(17,18)9-12(16)15-10-13(11-20-2)3-5-14-6-4-13;/h14H,3-11H2,1-2H3,(H,15,16);1H. The highest BCUT2D eigenvalue weighted by atomic mass is 35.5. The van der Waals surface area contributed by atoms with E-state index in [1.165, 1.54) is 7.11 Å². The van der Waals surface area contributed by atoms with E-state index >= 15 is 0 Å². The Kier molecular flexibility index (Phi) is 10.2. The number of sulfone groups is 1. The van der Waals surface area contributed by atoms with E-state index in [0.717, 1.165) is 25.9 Å². The zero-order valence-electron chi connectivity index (χ0n) is 13.2. The van der Waals surface area contributed by atoms with Gasteiger partial charge in [-0.3, -0.25) is 4.79 Å². The number of halogens is 1. The molecule has 22 heavy (non-hydrogen) atoms. The van der Waals surface area contributed by atoms with Crippen LogP contribution in [-0.4, -0.2) is 72.9 Å². The Bertz CT molecular complexity index is 419. The van der Waals surface area contributed by atoms with Gasteiger partial charge in [0, 0.05) is 26.2 Å². The largest absolute Gasteiger partial charge is 0.384 e. The molecule has 0 aromatic rings. The van der Waals surface area contributed by atoms with E-state index in [0.29, 0.717) is 13.2 Å². The van der Waals surface area contributed by atoms with Crippen LogP contribution >= 0.6 is 12.4 Å². The summed E-state index contributed by atoms with van der Waals surface area (Å²) >= 11 is 0. The third-order valence-corrected chi connectivity index (χ3v) is 5.22. The van der Waals surface area contributed by atoms with Crippen LogP contribution in [0, 0.1) is 5.41 Å². The summed E-state index contributed by atoms with van der Waals surface area (Å²) in [7, 11) is -0.337. The van der Waals surface area contributed by atoms with Crippen molar-refractivity contribution in [2.75, 3.05) is 58.6 Å². The van der Waals surface area contributed by atoms with Gasteiger partial charge in [-0.2, -0.15) is 0 Å². The van der Waals surface area contributed by atoms with Crippen LogP contribution in [0.25, 0.3) is 0 Å². The van der Waals surface area contributed by atoms with Crippen LogP contribution in [0.2, 0.25) is 0 Å². The molecule has 1 amide bonds. The second kappa shape index (κ2) is 10.4. The number of nitrogens with one attached hydrogen (secondary N) is 2. The van der Waals surface area contributed by atoms with Crippen molar-refractivity contribution in [3.05, 3.63) is 0 Å². The van der Waals surface area contributed by atoms with E-state index in [9.17, 15) is 13.2 Å². The van der Waals surface area contributed by atoms with E-state index < -0.39 is 21.5 Å². The average Bonchev–Trinajstić information content (AvgIpc) is 2.44. The minimum Gasteiger partial charge on any atom is -0.384 e. The van der Waals surface area contributed by atoms with E-state index in [1.807, 2.05) is 0 Å². The summed E-state index contributed by atoms with van der Waals surface area (Å²) in [5.41, 5.74) is -0.105. The molecule has 1 aliphatic heterocycles. The first-order chi connectivity index (χ1) is 9.93. The molecule has 1 saturated heterocycles. The molecular weight excluding hydrogens is 332 g/mol. The Morgan fingerprint density at radius 3 is 2.41 bits per heavy atom. The summed E-state index contributed by atoms with van der Waals surface area (Å²) in [6.45, 7) is 2.87. The molecule has 0 aliphatic carbocycles. The van der Waals surface area contributed by atoms with E-state index in [2.05, 4.69) is 10.6 Å². The van der Waals surface area contributed by atoms with Crippen LogP contribution in [0.5, 0.6) is 0 Å². The van der Waals surface area contributed by atoms with Gasteiger partial charge in [-0.25, -0.2) is 8.42 Å². The predicted molar refractivity (Wildman–Crippen MR) is 87.2 cm³/mol. The van der Waals surface area contributed by atoms with Crippen molar-refractivity contribution in [3.8, 4) is 0 Å². The molecule has 0 saturated carbocycles. The quantitative estimate of drug-likeness (QED) is 0.582. The Labute approximate surface area is 138 Å². The van der Waals surface area contributed by atoms with Crippen LogP contribution in [-0.2, 0) is 24.1 Å². The molecular formula is C13H27ClN2O5S. The lowest BCUT2D eigenvalue weighted by molar-refractivity contribution is -0.119. The Hall–Kier alpha value is -0.410. The van der Waals surface area contributed by atoms with Crippen molar-refractivity contribution in [2.45, 2.75) is 12.8 Å². The lowest BCUT2D eigenvalue weighted by Crippen LogP contribution is -2.48. The molecule has 1 heterocycles. The molecule has 1 aliphatic rings. The summed E-state index contributed by atoms with van der Waals surface area (Å²) in [6.07, 6.45) is 1.80. The second-order valence-corrected chi connectivity index (χ2v) is 7.73. The molecule has 1 rings (SSSR count). The molecule has 7 nitrogen and oxygen atoms in total. The molecule has 1 fully saturated rings. The third-order valence-electron chi connectivity index (χ3n) is 3.72. The summed E-state index contributed by atoms with van der Waals surface area (Å²) in [5.74, 6) is -1.08. The number of amides is 1. The molecule has 9 heteroatoms. The number of hydrogen-bond donors (Lipinski definition) is 2. The van der Waals surface area contributed by atoms with Crippen LogP contribution in [0.1, 0.15) is 12.8 Å². The molecule has 0 aromatic heterocycles. The fourth-order valence-corrected chi connectivity index (χ4v) is 3.52. The van der Waals surface area contributed by atoms with Gasteiger partial charge >= 0.3 is 0 Å². The maximum absolute atomic E-state index is 11.8. The predicted octanol–water partition coefficient (Wildman–Crippen LogP) is -0.398. The Balaban J connectivity index is 0.00000441. The molecule has 0 aromatic carbocycles. The number of ether oxygens (including phenoxy) is 2. The SMILES string of the molecule is COCCS(=O)(=O)CC(=O)NCC1(COC)CCNCC1.Cl. The van der Waals surface area contributed by atoms with Gasteiger partial charge < -0.3 is 20.1 Å². The first-order valence-electron chi connectivity index (χ1n) is 7.09. The smallest absolute Gasteiger partial charge is 0.235 e. The molecule has 0 bridgehead atoms.